The minimum absolute atomic E-state index is 0.0627. The molecule has 0 aliphatic rings. The molecule has 0 unspecified atom stereocenters. The zero-order chi connectivity index (χ0) is 14.4. The summed E-state index contributed by atoms with van der Waals surface area (Å²) in [4.78, 5) is 11.7. The molecule has 2 rings (SSSR count). The van der Waals surface area contributed by atoms with E-state index in [0.29, 0.717) is 5.82 Å². The van der Waals surface area contributed by atoms with Crippen LogP contribution in [0, 0.1) is 5.82 Å². The van der Waals surface area contributed by atoms with Gasteiger partial charge in [-0.05, 0) is 24.3 Å². The van der Waals surface area contributed by atoms with Crippen LogP contribution in [0.15, 0.2) is 58.6 Å². The van der Waals surface area contributed by atoms with Gasteiger partial charge in [-0.25, -0.2) is 9.37 Å². The lowest BCUT2D eigenvalue weighted by atomic mass is 10.3. The number of para-hydroxylation sites is 1. The Hall–Kier alpha value is -2.96. The molecular weight excluding hydrogens is 259 g/mol. The van der Waals surface area contributed by atoms with Crippen molar-refractivity contribution >= 4 is 23.4 Å². The van der Waals surface area contributed by atoms with E-state index in [1.165, 1.54) is 12.1 Å². The van der Waals surface area contributed by atoms with Crippen LogP contribution >= 0.6 is 0 Å². The zero-order valence-corrected chi connectivity index (χ0v) is 10.5. The molecule has 0 bridgehead atoms. The molecule has 0 amide bonds. The van der Waals surface area contributed by atoms with Crippen LogP contribution in [0.1, 0.15) is 0 Å². The van der Waals surface area contributed by atoms with E-state index in [4.69, 9.17) is 11.5 Å². The first-order chi connectivity index (χ1) is 9.65. The number of benzene rings is 1. The second kappa shape index (κ2) is 6.28. The first-order valence-electron chi connectivity index (χ1n) is 5.76. The van der Waals surface area contributed by atoms with Gasteiger partial charge in [0.15, 0.2) is 5.82 Å². The lowest BCUT2D eigenvalue weighted by molar-refractivity contribution is 0.632. The Morgan fingerprint density at radius 3 is 2.55 bits per heavy atom. The van der Waals surface area contributed by atoms with Gasteiger partial charge in [-0.2, -0.15) is 9.98 Å². The van der Waals surface area contributed by atoms with Gasteiger partial charge in [0.1, 0.15) is 5.82 Å². The highest BCUT2D eigenvalue weighted by Crippen LogP contribution is 2.11. The minimum atomic E-state index is -0.439. The van der Waals surface area contributed by atoms with Gasteiger partial charge in [0.25, 0.3) is 0 Å². The fourth-order valence-corrected chi connectivity index (χ4v) is 1.41. The second-order valence-corrected chi connectivity index (χ2v) is 3.76. The molecule has 102 valence electrons. The Labute approximate surface area is 115 Å². The minimum Gasteiger partial charge on any atom is -0.369 e. The number of aliphatic imine (C=N–C) groups is 2. The molecule has 0 aliphatic carbocycles. The number of rotatable bonds is 2. The van der Waals surface area contributed by atoms with Crippen molar-refractivity contribution in [1.29, 1.82) is 0 Å². The third-order valence-electron chi connectivity index (χ3n) is 2.25. The molecule has 1 aromatic heterocycles. The highest BCUT2D eigenvalue weighted by molar-refractivity contribution is 6.01. The largest absolute Gasteiger partial charge is 0.369 e. The van der Waals surface area contributed by atoms with Gasteiger partial charge in [0.2, 0.25) is 11.9 Å². The Bertz CT molecular complexity index is 638. The van der Waals surface area contributed by atoms with E-state index in [1.54, 1.807) is 36.5 Å². The summed E-state index contributed by atoms with van der Waals surface area (Å²) in [5, 5.41) is 2.60. The third-order valence-corrected chi connectivity index (χ3v) is 2.25. The normalized spacial score (nSPS) is 12.2. The lowest BCUT2D eigenvalue weighted by Crippen LogP contribution is -2.26. The predicted octanol–water partition coefficient (Wildman–Crippen LogP) is 1.59. The summed E-state index contributed by atoms with van der Waals surface area (Å²) >= 11 is 0. The van der Waals surface area contributed by atoms with Gasteiger partial charge in [-0.3, -0.25) is 0 Å². The van der Waals surface area contributed by atoms with Crippen molar-refractivity contribution in [1.82, 2.24) is 4.98 Å². The summed E-state index contributed by atoms with van der Waals surface area (Å²) in [6, 6.07) is 11.3. The monoisotopic (exact) mass is 272 g/mol. The number of hydrogen-bond donors (Lipinski definition) is 3. The summed E-state index contributed by atoms with van der Waals surface area (Å²) in [6.07, 6.45) is 1.58. The van der Waals surface area contributed by atoms with Gasteiger partial charge < -0.3 is 16.8 Å². The van der Waals surface area contributed by atoms with Crippen LogP contribution in [0.5, 0.6) is 0 Å². The average Bonchev–Trinajstić information content (AvgIpc) is 2.42. The maximum atomic E-state index is 13.4. The van der Waals surface area contributed by atoms with Crippen LogP contribution < -0.4 is 16.8 Å². The van der Waals surface area contributed by atoms with E-state index in [-0.39, 0.29) is 17.6 Å². The van der Waals surface area contributed by atoms with Crippen molar-refractivity contribution in [2.45, 2.75) is 0 Å². The van der Waals surface area contributed by atoms with Crippen LogP contribution in [-0.4, -0.2) is 16.9 Å². The molecule has 1 heterocycles. The van der Waals surface area contributed by atoms with Crippen LogP contribution in [0.4, 0.5) is 15.9 Å². The van der Waals surface area contributed by atoms with Crippen LogP contribution in [0.3, 0.4) is 0 Å². The van der Waals surface area contributed by atoms with Crippen molar-refractivity contribution in [3.05, 3.63) is 54.5 Å². The number of anilines is 1. The van der Waals surface area contributed by atoms with Crippen molar-refractivity contribution in [2.75, 3.05) is 5.32 Å². The molecule has 0 aliphatic heterocycles. The van der Waals surface area contributed by atoms with Gasteiger partial charge >= 0.3 is 0 Å². The van der Waals surface area contributed by atoms with E-state index in [9.17, 15) is 4.39 Å². The first kappa shape index (κ1) is 13.5. The Morgan fingerprint density at radius 2 is 1.85 bits per heavy atom. The molecule has 0 radical (unpaired) electrons. The first-order valence-corrected chi connectivity index (χ1v) is 5.76. The molecule has 0 atom stereocenters. The van der Waals surface area contributed by atoms with Gasteiger partial charge in [-0.15, -0.1) is 0 Å². The van der Waals surface area contributed by atoms with E-state index in [2.05, 4.69) is 20.3 Å². The maximum absolute atomic E-state index is 13.4. The van der Waals surface area contributed by atoms with E-state index < -0.39 is 5.82 Å². The van der Waals surface area contributed by atoms with Crippen LogP contribution in [0.2, 0.25) is 0 Å². The van der Waals surface area contributed by atoms with Crippen molar-refractivity contribution in [2.24, 2.45) is 21.5 Å². The Kier molecular flexibility index (Phi) is 4.23. The summed E-state index contributed by atoms with van der Waals surface area (Å²) in [7, 11) is 0. The smallest absolute Gasteiger partial charge is 0.225 e. The molecule has 0 saturated heterocycles. The van der Waals surface area contributed by atoms with Crippen molar-refractivity contribution < 1.29 is 4.39 Å². The molecule has 6 nitrogen and oxygen atoms in total. The van der Waals surface area contributed by atoms with Crippen molar-refractivity contribution in [3.8, 4) is 0 Å². The van der Waals surface area contributed by atoms with E-state index in [1.807, 2.05) is 0 Å². The van der Waals surface area contributed by atoms with Gasteiger partial charge in [-0.1, -0.05) is 18.2 Å². The Balaban J connectivity index is 2.11. The second-order valence-electron chi connectivity index (χ2n) is 3.76. The van der Waals surface area contributed by atoms with E-state index in [0.717, 1.165) is 0 Å². The molecule has 0 saturated carbocycles. The van der Waals surface area contributed by atoms with Crippen LogP contribution in [0.25, 0.3) is 0 Å². The number of guanidine groups is 2. The number of nitrogens with two attached hydrogens (primary N) is 2. The molecule has 0 spiro atoms. The Morgan fingerprint density at radius 1 is 1.10 bits per heavy atom. The number of halogens is 1. The topological polar surface area (TPSA) is 102 Å². The highest BCUT2D eigenvalue weighted by atomic mass is 19.1. The number of aromatic nitrogens is 1. The van der Waals surface area contributed by atoms with Crippen LogP contribution in [-0.2, 0) is 0 Å². The molecule has 0 fully saturated rings. The number of nitrogens with one attached hydrogen (secondary N) is 1. The molecule has 1 aromatic carbocycles. The number of hydrogen-bond acceptors (Lipinski definition) is 2. The third kappa shape index (κ3) is 3.77. The standard InChI is InChI=1S/C13H13FN6/c14-9-5-1-2-6-10(9)18-12(15)20-13(16)19-11-7-3-4-8-17-11/h1-8H,(H5,15,16,17,18,19,20). The summed E-state index contributed by atoms with van der Waals surface area (Å²) in [5.74, 6) is -0.171. The number of pyridine rings is 1. The average molecular weight is 272 g/mol. The molecule has 5 N–H and O–H groups in total. The lowest BCUT2D eigenvalue weighted by Gasteiger charge is -2.05. The SMILES string of the molecule is NC(=Nc1ccccn1)N=C(N)Nc1ccccc1F. The summed E-state index contributed by atoms with van der Waals surface area (Å²) in [6.45, 7) is 0. The van der Waals surface area contributed by atoms with E-state index >= 15 is 0 Å². The fourth-order valence-electron chi connectivity index (χ4n) is 1.41. The molecule has 7 heteroatoms. The molecular formula is C13H13FN6. The predicted molar refractivity (Wildman–Crippen MR) is 77.2 cm³/mol. The highest BCUT2D eigenvalue weighted by Gasteiger charge is 2.02. The zero-order valence-electron chi connectivity index (χ0n) is 10.5. The maximum Gasteiger partial charge on any atom is 0.225 e. The number of nitrogens with zero attached hydrogens (tertiary/aromatic N) is 3. The molecule has 20 heavy (non-hydrogen) atoms. The molecule has 2 aromatic rings. The fraction of sp³-hybridized carbons (Fsp3) is 0. The summed E-state index contributed by atoms with van der Waals surface area (Å²) in [5.41, 5.74) is 11.4. The van der Waals surface area contributed by atoms with Gasteiger partial charge in [0.05, 0.1) is 5.69 Å². The summed E-state index contributed by atoms with van der Waals surface area (Å²) < 4.78 is 13.4. The quantitative estimate of drug-likeness (QED) is 0.570. The van der Waals surface area contributed by atoms with Gasteiger partial charge in [0, 0.05) is 6.20 Å². The van der Waals surface area contributed by atoms with Crippen molar-refractivity contribution in [3.63, 3.8) is 0 Å².